The predicted molar refractivity (Wildman–Crippen MR) is 94.8 cm³/mol. The number of aryl methyl sites for hydroxylation is 1. The first-order chi connectivity index (χ1) is 12.4. The van der Waals surface area contributed by atoms with Crippen LogP contribution in [0.25, 0.3) is 11.4 Å². The summed E-state index contributed by atoms with van der Waals surface area (Å²) in [4.78, 5) is 29.5. The molecule has 0 saturated heterocycles. The summed E-state index contributed by atoms with van der Waals surface area (Å²) in [6.07, 6.45) is 3.57. The van der Waals surface area contributed by atoms with Gasteiger partial charge in [-0.05, 0) is 48.4 Å². The van der Waals surface area contributed by atoms with Crippen molar-refractivity contribution in [2.24, 2.45) is 0 Å². The van der Waals surface area contributed by atoms with Gasteiger partial charge < -0.3 is 0 Å². The first-order valence-electron chi connectivity index (χ1n) is 7.73. The molecule has 0 unspecified atom stereocenters. The van der Waals surface area contributed by atoms with Crippen LogP contribution in [0.4, 0.5) is 11.4 Å². The summed E-state index contributed by atoms with van der Waals surface area (Å²) < 4.78 is 0. The zero-order chi connectivity index (χ0) is 18.7. The number of rotatable bonds is 5. The minimum absolute atomic E-state index is 0.260. The van der Waals surface area contributed by atoms with Crippen molar-refractivity contribution < 1.29 is 9.85 Å². The van der Waals surface area contributed by atoms with Crippen molar-refractivity contribution in [1.82, 2.24) is 9.97 Å². The maximum atomic E-state index is 11.3. The number of nitro groups is 2. The van der Waals surface area contributed by atoms with Crippen LogP contribution in [0, 0.1) is 27.2 Å². The lowest BCUT2D eigenvalue weighted by Gasteiger charge is -2.06. The van der Waals surface area contributed by atoms with Crippen LogP contribution in [-0.2, 0) is 6.42 Å². The van der Waals surface area contributed by atoms with Gasteiger partial charge in [0.1, 0.15) is 0 Å². The Bertz CT molecular complexity index is 1000. The van der Waals surface area contributed by atoms with Crippen LogP contribution < -0.4 is 0 Å². The first kappa shape index (κ1) is 17.2. The van der Waals surface area contributed by atoms with Gasteiger partial charge in [0.05, 0.1) is 27.3 Å². The Hall–Kier alpha value is -3.68. The molecule has 0 saturated carbocycles. The number of nitro benzene ring substituents is 2. The molecule has 0 bridgehead atoms. The fourth-order valence-corrected chi connectivity index (χ4v) is 2.61. The zero-order valence-electron chi connectivity index (χ0n) is 13.8. The van der Waals surface area contributed by atoms with Crippen molar-refractivity contribution in [2.45, 2.75) is 13.3 Å². The summed E-state index contributed by atoms with van der Waals surface area (Å²) in [5.41, 5.74) is 3.05. The molecule has 2 heterocycles. The van der Waals surface area contributed by atoms with E-state index in [1.54, 1.807) is 18.5 Å². The van der Waals surface area contributed by atoms with Crippen LogP contribution in [0.3, 0.4) is 0 Å². The van der Waals surface area contributed by atoms with Crippen molar-refractivity contribution >= 4 is 11.4 Å². The largest absolute Gasteiger partial charge is 0.279 e. The van der Waals surface area contributed by atoms with Crippen LogP contribution >= 0.6 is 0 Å². The maximum Gasteiger partial charge on any atom is 0.279 e. The van der Waals surface area contributed by atoms with Gasteiger partial charge in [0.25, 0.3) is 11.4 Å². The molecule has 0 N–H and O–H groups in total. The van der Waals surface area contributed by atoms with Gasteiger partial charge in [-0.25, -0.2) is 0 Å². The number of non-ortho nitro benzene ring substituents is 1. The maximum absolute atomic E-state index is 11.3. The summed E-state index contributed by atoms with van der Waals surface area (Å²) >= 11 is 0. The smallest absolute Gasteiger partial charge is 0.258 e. The van der Waals surface area contributed by atoms with E-state index in [1.165, 1.54) is 12.1 Å². The molecule has 0 spiro atoms. The zero-order valence-corrected chi connectivity index (χ0v) is 13.8. The Kier molecular flexibility index (Phi) is 4.66. The number of nitrogens with zero attached hydrogens (tertiary/aromatic N) is 4. The molecule has 0 atom stereocenters. The average molecular weight is 350 g/mol. The molecule has 130 valence electrons. The highest BCUT2D eigenvalue weighted by Crippen LogP contribution is 2.27. The Labute approximate surface area is 148 Å². The second-order valence-electron chi connectivity index (χ2n) is 5.77. The first-order valence-corrected chi connectivity index (χ1v) is 7.73. The molecule has 2 aromatic heterocycles. The Morgan fingerprint density at radius 2 is 1.58 bits per heavy atom. The van der Waals surface area contributed by atoms with Crippen LogP contribution in [0.5, 0.6) is 0 Å². The van der Waals surface area contributed by atoms with Crippen molar-refractivity contribution in [2.75, 3.05) is 0 Å². The van der Waals surface area contributed by atoms with E-state index in [0.717, 1.165) is 17.2 Å². The SMILES string of the molecule is Cc1ccnc(-c2cc(Cc3ccc([N+](=O)[O-])cc3[N+](=O)[O-])ccn2)c1. The third kappa shape index (κ3) is 3.69. The topological polar surface area (TPSA) is 112 Å². The van der Waals surface area contributed by atoms with Crippen LogP contribution in [0.1, 0.15) is 16.7 Å². The van der Waals surface area contributed by atoms with Gasteiger partial charge in [-0.1, -0.05) is 0 Å². The molecule has 0 fully saturated rings. The van der Waals surface area contributed by atoms with E-state index in [9.17, 15) is 20.2 Å². The summed E-state index contributed by atoms with van der Waals surface area (Å²) in [6, 6.07) is 11.0. The molecule has 1 aromatic carbocycles. The molecule has 8 nitrogen and oxygen atoms in total. The molecule has 0 amide bonds. The summed E-state index contributed by atoms with van der Waals surface area (Å²) in [6.45, 7) is 1.95. The van der Waals surface area contributed by atoms with E-state index >= 15 is 0 Å². The number of aromatic nitrogens is 2. The molecule has 0 aliphatic carbocycles. The normalized spacial score (nSPS) is 10.5. The molecular weight excluding hydrogens is 336 g/mol. The summed E-state index contributed by atoms with van der Waals surface area (Å²) in [5, 5.41) is 22.1. The average Bonchev–Trinajstić information content (AvgIpc) is 2.62. The van der Waals surface area contributed by atoms with E-state index in [-0.39, 0.29) is 17.8 Å². The number of hydrogen-bond donors (Lipinski definition) is 0. The van der Waals surface area contributed by atoms with Gasteiger partial charge in [0.15, 0.2) is 0 Å². The highest BCUT2D eigenvalue weighted by molar-refractivity contribution is 5.57. The lowest BCUT2D eigenvalue weighted by atomic mass is 10.0. The molecular formula is C18H14N4O4. The van der Waals surface area contributed by atoms with Gasteiger partial charge in [-0.15, -0.1) is 0 Å². The molecule has 0 aliphatic rings. The van der Waals surface area contributed by atoms with Crippen LogP contribution in [0.2, 0.25) is 0 Å². The van der Waals surface area contributed by atoms with Gasteiger partial charge in [0.2, 0.25) is 0 Å². The monoisotopic (exact) mass is 350 g/mol. The molecule has 3 rings (SSSR count). The van der Waals surface area contributed by atoms with E-state index in [4.69, 9.17) is 0 Å². The predicted octanol–water partition coefficient (Wildman–Crippen LogP) is 3.86. The lowest BCUT2D eigenvalue weighted by Crippen LogP contribution is -1.99. The fourth-order valence-electron chi connectivity index (χ4n) is 2.61. The van der Waals surface area contributed by atoms with Gasteiger partial charge >= 0.3 is 0 Å². The molecule has 26 heavy (non-hydrogen) atoms. The minimum atomic E-state index is -0.648. The van der Waals surface area contributed by atoms with Gasteiger partial charge in [-0.2, -0.15) is 0 Å². The molecule has 0 radical (unpaired) electrons. The number of hydrogen-bond acceptors (Lipinski definition) is 6. The van der Waals surface area contributed by atoms with Crippen molar-refractivity contribution in [1.29, 1.82) is 0 Å². The summed E-state index contributed by atoms with van der Waals surface area (Å²) in [5.74, 6) is 0. The molecule has 3 aromatic rings. The van der Waals surface area contributed by atoms with E-state index in [1.807, 2.05) is 25.1 Å². The van der Waals surface area contributed by atoms with Crippen molar-refractivity contribution in [3.8, 4) is 11.4 Å². The third-order valence-electron chi connectivity index (χ3n) is 3.87. The van der Waals surface area contributed by atoms with Crippen LogP contribution in [0.15, 0.2) is 54.9 Å². The van der Waals surface area contributed by atoms with Crippen LogP contribution in [-0.4, -0.2) is 19.8 Å². The van der Waals surface area contributed by atoms with E-state index in [2.05, 4.69) is 9.97 Å². The second-order valence-corrected chi connectivity index (χ2v) is 5.77. The van der Waals surface area contributed by atoms with Crippen molar-refractivity contribution in [3.63, 3.8) is 0 Å². The molecule has 0 aliphatic heterocycles. The highest BCUT2D eigenvalue weighted by Gasteiger charge is 2.19. The van der Waals surface area contributed by atoms with Gasteiger partial charge in [-0.3, -0.25) is 30.2 Å². The highest BCUT2D eigenvalue weighted by atomic mass is 16.6. The lowest BCUT2D eigenvalue weighted by molar-refractivity contribution is -0.394. The Balaban J connectivity index is 1.96. The number of benzene rings is 1. The second kappa shape index (κ2) is 7.06. The fraction of sp³-hybridized carbons (Fsp3) is 0.111. The summed E-state index contributed by atoms with van der Waals surface area (Å²) in [7, 11) is 0. The Morgan fingerprint density at radius 3 is 2.23 bits per heavy atom. The van der Waals surface area contributed by atoms with E-state index in [0.29, 0.717) is 17.0 Å². The van der Waals surface area contributed by atoms with Gasteiger partial charge in [0, 0.05) is 30.4 Å². The van der Waals surface area contributed by atoms with E-state index < -0.39 is 9.85 Å². The minimum Gasteiger partial charge on any atom is -0.258 e. The standard InChI is InChI=1S/C18H14N4O4/c1-12-4-6-19-16(8-12)17-10-13(5-7-20-17)9-14-2-3-15(21(23)24)11-18(14)22(25)26/h2-8,10-11H,9H2,1H3. The third-order valence-corrected chi connectivity index (χ3v) is 3.87. The molecule has 8 heteroatoms. The van der Waals surface area contributed by atoms with Crippen molar-refractivity contribution in [3.05, 3.63) is 91.8 Å². The number of pyridine rings is 2. The quantitative estimate of drug-likeness (QED) is 0.510. The Morgan fingerprint density at radius 1 is 0.885 bits per heavy atom.